The van der Waals surface area contributed by atoms with Gasteiger partial charge in [-0.3, -0.25) is 4.79 Å². The Bertz CT molecular complexity index is 714. The third kappa shape index (κ3) is 3.03. The average molecular weight is 323 g/mol. The lowest BCUT2D eigenvalue weighted by molar-refractivity contribution is 0.0952. The summed E-state index contributed by atoms with van der Waals surface area (Å²) in [5.41, 5.74) is 4.22. The van der Waals surface area contributed by atoms with Crippen molar-refractivity contribution in [1.29, 1.82) is 0 Å². The number of fused-ring (bicyclic) bond motifs is 1. The summed E-state index contributed by atoms with van der Waals surface area (Å²) in [4.78, 5) is 15.2. The first-order chi connectivity index (χ1) is 11.8. The van der Waals surface area contributed by atoms with Crippen molar-refractivity contribution >= 4 is 5.78 Å². The van der Waals surface area contributed by atoms with Crippen LogP contribution in [-0.4, -0.2) is 40.1 Å². The van der Waals surface area contributed by atoms with E-state index in [1.807, 2.05) is 22.9 Å². The van der Waals surface area contributed by atoms with E-state index >= 15 is 0 Å². The number of carbonyl (C=O) groups is 1. The Hall–Kier alpha value is -1.94. The molecule has 126 valence electrons. The van der Waals surface area contributed by atoms with Crippen molar-refractivity contribution in [3.63, 3.8) is 0 Å². The average Bonchev–Trinajstić information content (AvgIpc) is 3.24. The first-order valence-electron chi connectivity index (χ1n) is 9.24. The monoisotopic (exact) mass is 323 g/mol. The molecule has 1 aromatic carbocycles. The Morgan fingerprint density at radius 1 is 1.00 bits per heavy atom. The Balaban J connectivity index is 1.54. The van der Waals surface area contributed by atoms with E-state index < -0.39 is 0 Å². The molecule has 2 aromatic rings. The Kier molecular flexibility index (Phi) is 4.48. The normalized spacial score (nSPS) is 17.8. The van der Waals surface area contributed by atoms with E-state index in [-0.39, 0.29) is 5.78 Å². The number of nitrogens with zero attached hydrogens (tertiary/aromatic N) is 3. The highest BCUT2D eigenvalue weighted by Gasteiger charge is 2.27. The van der Waals surface area contributed by atoms with Gasteiger partial charge in [0, 0.05) is 24.2 Å². The van der Waals surface area contributed by atoms with Gasteiger partial charge in [0.25, 0.3) is 0 Å². The molecule has 2 aliphatic rings. The third-order valence-corrected chi connectivity index (χ3v) is 5.30. The molecule has 0 N–H and O–H groups in total. The molecule has 24 heavy (non-hydrogen) atoms. The van der Waals surface area contributed by atoms with E-state index in [1.54, 1.807) is 0 Å². The van der Waals surface area contributed by atoms with Crippen molar-refractivity contribution in [3.05, 3.63) is 47.3 Å². The highest BCUT2D eigenvalue weighted by atomic mass is 16.1. The molecule has 0 amide bonds. The highest BCUT2D eigenvalue weighted by Crippen LogP contribution is 2.28. The zero-order chi connectivity index (χ0) is 16.4. The quantitative estimate of drug-likeness (QED) is 0.791. The number of para-hydroxylation sites is 1. The molecule has 0 saturated carbocycles. The van der Waals surface area contributed by atoms with Gasteiger partial charge in [-0.15, -0.1) is 0 Å². The van der Waals surface area contributed by atoms with Crippen molar-refractivity contribution < 1.29 is 4.79 Å². The van der Waals surface area contributed by atoms with Crippen LogP contribution in [0.5, 0.6) is 0 Å². The maximum absolute atomic E-state index is 12.8. The molecular formula is C20H25N3O. The molecule has 1 aliphatic heterocycles. The lowest BCUT2D eigenvalue weighted by Crippen LogP contribution is -2.31. The summed E-state index contributed by atoms with van der Waals surface area (Å²) in [5.74, 6) is 0.216. The van der Waals surface area contributed by atoms with Gasteiger partial charge in [0.15, 0.2) is 5.78 Å². The maximum Gasteiger partial charge on any atom is 0.184 e. The summed E-state index contributed by atoms with van der Waals surface area (Å²) in [6.07, 6.45) is 7.62. The summed E-state index contributed by atoms with van der Waals surface area (Å²) in [6, 6.07) is 10.2. The Morgan fingerprint density at radius 2 is 1.79 bits per heavy atom. The van der Waals surface area contributed by atoms with Crippen LogP contribution >= 0.6 is 0 Å². The van der Waals surface area contributed by atoms with Gasteiger partial charge in [-0.05, 0) is 57.3 Å². The molecule has 0 radical (unpaired) electrons. The van der Waals surface area contributed by atoms with Crippen molar-refractivity contribution in [2.45, 2.75) is 44.9 Å². The van der Waals surface area contributed by atoms with Crippen molar-refractivity contribution in [1.82, 2.24) is 14.7 Å². The topological polar surface area (TPSA) is 38.1 Å². The zero-order valence-electron chi connectivity index (χ0n) is 14.2. The van der Waals surface area contributed by atoms with Gasteiger partial charge in [-0.1, -0.05) is 24.6 Å². The van der Waals surface area contributed by atoms with Gasteiger partial charge in [-0.25, -0.2) is 4.68 Å². The number of Topliss-reactive ketones (excluding diaryl/α,β-unsaturated/α-hetero) is 1. The third-order valence-electron chi connectivity index (χ3n) is 5.30. The summed E-state index contributed by atoms with van der Waals surface area (Å²) in [5, 5.41) is 4.71. The first-order valence-corrected chi connectivity index (χ1v) is 9.24. The Labute approximate surface area is 143 Å². The number of hydrogen-bond acceptors (Lipinski definition) is 3. The fourth-order valence-corrected chi connectivity index (χ4v) is 4.01. The molecule has 0 unspecified atom stereocenters. The van der Waals surface area contributed by atoms with Gasteiger partial charge in [0.05, 0.1) is 5.69 Å². The fraction of sp³-hybridized carbons (Fsp3) is 0.500. The molecule has 2 heterocycles. The molecule has 4 heteroatoms. The number of carbonyl (C=O) groups excluding carboxylic acids is 1. The molecule has 1 saturated heterocycles. The maximum atomic E-state index is 12.8. The van der Waals surface area contributed by atoms with Gasteiger partial charge < -0.3 is 4.90 Å². The van der Waals surface area contributed by atoms with Crippen LogP contribution in [-0.2, 0) is 12.8 Å². The smallest absolute Gasteiger partial charge is 0.184 e. The molecule has 4 rings (SSSR count). The molecule has 1 fully saturated rings. The fourth-order valence-electron chi connectivity index (χ4n) is 4.01. The molecule has 0 atom stereocenters. The molecule has 0 spiro atoms. The Morgan fingerprint density at radius 3 is 2.58 bits per heavy atom. The van der Waals surface area contributed by atoms with E-state index in [0.717, 1.165) is 50.3 Å². The van der Waals surface area contributed by atoms with E-state index in [4.69, 9.17) is 5.10 Å². The molecule has 0 bridgehead atoms. The van der Waals surface area contributed by atoms with Crippen LogP contribution in [0.15, 0.2) is 30.3 Å². The summed E-state index contributed by atoms with van der Waals surface area (Å²) >= 11 is 0. The number of rotatable bonds is 5. The lowest BCUT2D eigenvalue weighted by Gasteiger charge is -2.25. The lowest BCUT2D eigenvalue weighted by atomic mass is 10.1. The number of likely N-dealkylation sites (tertiary alicyclic amines) is 1. The van der Waals surface area contributed by atoms with E-state index in [9.17, 15) is 4.79 Å². The standard InChI is InChI=1S/C20H25N3O/c24-19(12-15-22-13-5-2-6-14-22)20-17-10-7-11-18(17)23(21-20)16-8-3-1-4-9-16/h1,3-4,8-9H,2,5-7,10-15H2. The molecule has 1 aromatic heterocycles. The van der Waals surface area contributed by atoms with Gasteiger partial charge in [0.2, 0.25) is 0 Å². The van der Waals surface area contributed by atoms with Gasteiger partial charge >= 0.3 is 0 Å². The summed E-state index contributed by atoms with van der Waals surface area (Å²) < 4.78 is 2.00. The number of piperidine rings is 1. The van der Waals surface area contributed by atoms with Crippen LogP contribution in [0.3, 0.4) is 0 Å². The first kappa shape index (κ1) is 15.6. The molecule has 4 nitrogen and oxygen atoms in total. The number of ketones is 1. The van der Waals surface area contributed by atoms with Crippen molar-refractivity contribution in [3.8, 4) is 5.69 Å². The van der Waals surface area contributed by atoms with Crippen LogP contribution in [0.4, 0.5) is 0 Å². The van der Waals surface area contributed by atoms with Gasteiger partial charge in [-0.2, -0.15) is 5.10 Å². The molecule has 1 aliphatic carbocycles. The van der Waals surface area contributed by atoms with Crippen LogP contribution < -0.4 is 0 Å². The van der Waals surface area contributed by atoms with Crippen LogP contribution in [0.2, 0.25) is 0 Å². The van der Waals surface area contributed by atoms with Crippen molar-refractivity contribution in [2.75, 3.05) is 19.6 Å². The van der Waals surface area contributed by atoms with E-state index in [1.165, 1.54) is 30.5 Å². The predicted molar refractivity (Wildman–Crippen MR) is 94.8 cm³/mol. The second-order valence-corrected chi connectivity index (χ2v) is 6.95. The minimum Gasteiger partial charge on any atom is -0.303 e. The number of benzene rings is 1. The number of aromatic nitrogens is 2. The van der Waals surface area contributed by atoms with E-state index in [2.05, 4.69) is 17.0 Å². The van der Waals surface area contributed by atoms with Crippen LogP contribution in [0.1, 0.15) is 53.8 Å². The second-order valence-electron chi connectivity index (χ2n) is 6.95. The predicted octanol–water partition coefficient (Wildman–Crippen LogP) is 3.42. The summed E-state index contributed by atoms with van der Waals surface area (Å²) in [6.45, 7) is 3.17. The largest absolute Gasteiger partial charge is 0.303 e. The van der Waals surface area contributed by atoms with Crippen molar-refractivity contribution in [2.24, 2.45) is 0 Å². The SMILES string of the molecule is O=C(CCN1CCCCC1)c1nn(-c2ccccc2)c2c1CCC2. The highest BCUT2D eigenvalue weighted by molar-refractivity contribution is 5.96. The van der Waals surface area contributed by atoms with E-state index in [0.29, 0.717) is 6.42 Å². The minimum absolute atomic E-state index is 0.216. The number of hydrogen-bond donors (Lipinski definition) is 0. The minimum atomic E-state index is 0.216. The van der Waals surface area contributed by atoms with Crippen LogP contribution in [0, 0.1) is 0 Å². The van der Waals surface area contributed by atoms with Crippen LogP contribution in [0.25, 0.3) is 5.69 Å². The zero-order valence-corrected chi connectivity index (χ0v) is 14.2. The summed E-state index contributed by atoms with van der Waals surface area (Å²) in [7, 11) is 0. The van der Waals surface area contributed by atoms with Gasteiger partial charge in [0.1, 0.15) is 5.69 Å². The second kappa shape index (κ2) is 6.89. The molecular weight excluding hydrogens is 298 g/mol.